The van der Waals surface area contributed by atoms with Crippen molar-refractivity contribution in [1.82, 2.24) is 23.6 Å². The highest BCUT2D eigenvalue weighted by Crippen LogP contribution is 2.33. The number of pyridine rings is 1. The van der Waals surface area contributed by atoms with Crippen LogP contribution in [0.1, 0.15) is 27.3 Å². The molecule has 3 aromatic heterocycles. The number of carbonyl (C=O) groups is 1. The van der Waals surface area contributed by atoms with Gasteiger partial charge in [-0.1, -0.05) is 0 Å². The molecule has 0 N–H and O–H groups in total. The zero-order valence-electron chi connectivity index (χ0n) is 17.9. The van der Waals surface area contributed by atoms with Crippen molar-refractivity contribution < 1.29 is 18.0 Å². The number of rotatable bonds is 3. The summed E-state index contributed by atoms with van der Waals surface area (Å²) in [7, 11) is 1.76. The molecule has 170 valence electrons. The van der Waals surface area contributed by atoms with Crippen LogP contribution in [0.15, 0.2) is 53.8 Å². The summed E-state index contributed by atoms with van der Waals surface area (Å²) in [6, 6.07) is 6.81. The van der Waals surface area contributed by atoms with Crippen LogP contribution < -0.4 is 5.56 Å². The molecule has 0 aliphatic carbocycles. The van der Waals surface area contributed by atoms with Gasteiger partial charge >= 0.3 is 6.18 Å². The predicted molar refractivity (Wildman–Crippen MR) is 115 cm³/mol. The van der Waals surface area contributed by atoms with E-state index < -0.39 is 11.7 Å². The summed E-state index contributed by atoms with van der Waals surface area (Å²) >= 11 is 0. The molecule has 0 unspecified atom stereocenters. The summed E-state index contributed by atoms with van der Waals surface area (Å²) in [5.74, 6) is -0.337. The molecule has 0 radical (unpaired) electrons. The van der Waals surface area contributed by atoms with Gasteiger partial charge in [0, 0.05) is 50.0 Å². The third-order valence-corrected chi connectivity index (χ3v) is 6.00. The number of halogens is 3. The first-order chi connectivity index (χ1) is 15.6. The van der Waals surface area contributed by atoms with Crippen LogP contribution in [-0.4, -0.2) is 36.0 Å². The van der Waals surface area contributed by atoms with Gasteiger partial charge < -0.3 is 18.6 Å². The summed E-state index contributed by atoms with van der Waals surface area (Å²) in [4.78, 5) is 31.8. The third kappa shape index (κ3) is 3.51. The number of amides is 1. The van der Waals surface area contributed by atoms with Crippen LogP contribution in [0.3, 0.4) is 0 Å². The molecule has 0 fully saturated rings. The average molecular weight is 455 g/mol. The number of hydrogen-bond acceptors (Lipinski definition) is 3. The second-order valence-corrected chi connectivity index (χ2v) is 8.20. The summed E-state index contributed by atoms with van der Waals surface area (Å²) in [6.45, 7) is 2.53. The minimum atomic E-state index is -4.45. The minimum Gasteiger partial charge on any atom is -0.350 e. The molecule has 1 aliphatic rings. The second kappa shape index (κ2) is 7.36. The number of aromatic nitrogens is 4. The summed E-state index contributed by atoms with van der Waals surface area (Å²) < 4.78 is 44.5. The van der Waals surface area contributed by atoms with Crippen molar-refractivity contribution in [2.45, 2.75) is 26.2 Å². The summed E-state index contributed by atoms with van der Waals surface area (Å²) in [5.41, 5.74) is 1.66. The first kappa shape index (κ1) is 21.0. The Balaban J connectivity index is 1.48. The van der Waals surface area contributed by atoms with Crippen molar-refractivity contribution in [3.63, 3.8) is 0 Å². The van der Waals surface area contributed by atoms with Crippen molar-refractivity contribution in [2.75, 3.05) is 6.54 Å². The highest BCUT2D eigenvalue weighted by atomic mass is 19.4. The fourth-order valence-corrected chi connectivity index (χ4v) is 4.34. The van der Waals surface area contributed by atoms with Crippen LogP contribution in [0.4, 0.5) is 13.2 Å². The van der Waals surface area contributed by atoms with E-state index in [9.17, 15) is 22.8 Å². The summed E-state index contributed by atoms with van der Waals surface area (Å²) in [5, 5.41) is 0.453. The van der Waals surface area contributed by atoms with Crippen molar-refractivity contribution in [2.24, 2.45) is 7.05 Å². The minimum absolute atomic E-state index is 0.147. The van der Waals surface area contributed by atoms with E-state index in [0.717, 1.165) is 17.8 Å². The number of carbonyl (C=O) groups excluding carboxylic acids is 1. The van der Waals surface area contributed by atoms with Crippen molar-refractivity contribution in [3.05, 3.63) is 81.9 Å². The second-order valence-electron chi connectivity index (χ2n) is 8.20. The van der Waals surface area contributed by atoms with Gasteiger partial charge in [0.15, 0.2) is 0 Å². The Bertz CT molecular complexity index is 1460. The first-order valence-corrected chi connectivity index (χ1v) is 10.3. The maximum atomic E-state index is 13.2. The van der Waals surface area contributed by atoms with Crippen molar-refractivity contribution >= 4 is 16.8 Å². The van der Waals surface area contributed by atoms with Gasteiger partial charge in [0.05, 0.1) is 17.6 Å². The van der Waals surface area contributed by atoms with Crippen LogP contribution in [-0.2, 0) is 26.3 Å². The molecule has 10 heteroatoms. The molecule has 0 atom stereocenters. The van der Waals surface area contributed by atoms with E-state index in [2.05, 4.69) is 4.98 Å². The molecule has 7 nitrogen and oxygen atoms in total. The lowest BCUT2D eigenvalue weighted by Crippen LogP contribution is -2.44. The van der Waals surface area contributed by atoms with E-state index in [4.69, 9.17) is 0 Å². The monoisotopic (exact) mass is 455 g/mol. The number of benzene rings is 1. The van der Waals surface area contributed by atoms with E-state index >= 15 is 0 Å². The largest absolute Gasteiger partial charge is 0.416 e. The smallest absolute Gasteiger partial charge is 0.350 e. The van der Waals surface area contributed by atoms with E-state index in [-0.39, 0.29) is 30.2 Å². The lowest BCUT2D eigenvalue weighted by molar-refractivity contribution is -0.137. The van der Waals surface area contributed by atoms with Gasteiger partial charge in [-0.15, -0.1) is 0 Å². The Morgan fingerprint density at radius 2 is 1.85 bits per heavy atom. The van der Waals surface area contributed by atoms with Gasteiger partial charge in [-0.25, -0.2) is 4.98 Å². The molecule has 0 bridgehead atoms. The van der Waals surface area contributed by atoms with Gasteiger partial charge in [0.1, 0.15) is 11.4 Å². The third-order valence-electron chi connectivity index (χ3n) is 6.00. The Hall–Kier alpha value is -3.82. The molecule has 4 heterocycles. The standard InChI is InChI=1S/C23H20F3N5O2/c1-14-10-30(13-27-14)19-5-6-20-21(32)29(7-8-31(20)22(19)33)12-15-11-28(2)18-4-3-16(9-17(15)18)23(24,25)26/h3-6,9-11,13H,7-8,12H2,1-2H3. The van der Waals surface area contributed by atoms with E-state index in [1.165, 1.54) is 10.6 Å². The van der Waals surface area contributed by atoms with Crippen molar-refractivity contribution in [3.8, 4) is 5.69 Å². The van der Waals surface area contributed by atoms with Crippen LogP contribution in [0.2, 0.25) is 0 Å². The van der Waals surface area contributed by atoms with Crippen LogP contribution in [0.5, 0.6) is 0 Å². The number of nitrogens with zero attached hydrogens (tertiary/aromatic N) is 5. The topological polar surface area (TPSA) is 65.1 Å². The molecule has 4 aromatic rings. The normalized spacial score (nSPS) is 14.2. The first-order valence-electron chi connectivity index (χ1n) is 10.3. The number of aryl methyl sites for hydroxylation is 2. The fourth-order valence-electron chi connectivity index (χ4n) is 4.34. The molecular formula is C23H20F3N5O2. The van der Waals surface area contributed by atoms with Crippen LogP contribution in [0.25, 0.3) is 16.6 Å². The maximum absolute atomic E-state index is 13.2. The highest BCUT2D eigenvalue weighted by molar-refractivity contribution is 5.94. The highest BCUT2D eigenvalue weighted by Gasteiger charge is 2.32. The van der Waals surface area contributed by atoms with Crippen molar-refractivity contribution in [1.29, 1.82) is 0 Å². The van der Waals surface area contributed by atoms with E-state index in [1.807, 2.05) is 6.92 Å². The predicted octanol–water partition coefficient (Wildman–Crippen LogP) is 3.51. The quantitative estimate of drug-likeness (QED) is 0.475. The number of hydrogen-bond donors (Lipinski definition) is 0. The molecule has 5 rings (SSSR count). The Kier molecular flexibility index (Phi) is 4.70. The molecule has 0 saturated heterocycles. The zero-order valence-corrected chi connectivity index (χ0v) is 17.9. The molecule has 1 aromatic carbocycles. The van der Waals surface area contributed by atoms with E-state index in [0.29, 0.717) is 28.7 Å². The fraction of sp³-hybridized carbons (Fsp3) is 0.261. The molecule has 0 saturated carbocycles. The average Bonchev–Trinajstić information content (AvgIpc) is 3.33. The molecule has 1 aliphatic heterocycles. The van der Waals surface area contributed by atoms with Gasteiger partial charge in [-0.3, -0.25) is 9.59 Å². The molecule has 33 heavy (non-hydrogen) atoms. The Labute approximate surface area is 186 Å². The maximum Gasteiger partial charge on any atom is 0.416 e. The van der Waals surface area contributed by atoms with Gasteiger partial charge in [-0.2, -0.15) is 13.2 Å². The zero-order chi connectivity index (χ0) is 23.5. The van der Waals surface area contributed by atoms with E-state index in [1.54, 1.807) is 51.9 Å². The lowest BCUT2D eigenvalue weighted by Gasteiger charge is -2.29. The van der Waals surface area contributed by atoms with Gasteiger partial charge in [0.2, 0.25) is 0 Å². The Morgan fingerprint density at radius 1 is 1.06 bits per heavy atom. The van der Waals surface area contributed by atoms with Crippen LogP contribution >= 0.6 is 0 Å². The SMILES string of the molecule is Cc1cn(-c2ccc3n(c2=O)CCN(Cc2cn(C)c4ccc(C(F)(F)F)cc24)C3=O)cn1. The summed E-state index contributed by atoms with van der Waals surface area (Å²) in [6.07, 6.45) is 0.570. The Morgan fingerprint density at radius 3 is 2.55 bits per heavy atom. The lowest BCUT2D eigenvalue weighted by atomic mass is 10.1. The molecule has 1 amide bonds. The number of fused-ring (bicyclic) bond motifs is 2. The molecule has 0 spiro atoms. The van der Waals surface area contributed by atoms with Crippen LogP contribution in [0, 0.1) is 6.92 Å². The number of alkyl halides is 3. The number of imidazole rings is 1. The van der Waals surface area contributed by atoms with Gasteiger partial charge in [-0.05, 0) is 42.8 Å². The molecular weight excluding hydrogens is 435 g/mol. The van der Waals surface area contributed by atoms with Gasteiger partial charge in [0.25, 0.3) is 11.5 Å².